The lowest BCUT2D eigenvalue weighted by molar-refractivity contribution is 0.383. The second-order valence-corrected chi connectivity index (χ2v) is 4.49. The Kier molecular flexibility index (Phi) is 0.877. The first-order valence-electron chi connectivity index (χ1n) is 5.03. The van der Waals surface area contributed by atoms with Gasteiger partial charge in [-0.1, -0.05) is 36.5 Å². The maximum atomic E-state index is 5.37. The Hall–Kier alpha value is -1.31. The number of aliphatic imine (C=N–C) groups is 1. The minimum Gasteiger partial charge on any atom is -0.484 e. The highest BCUT2D eigenvalue weighted by atomic mass is 16.5. The van der Waals surface area contributed by atoms with Gasteiger partial charge < -0.3 is 4.74 Å². The van der Waals surface area contributed by atoms with Crippen LogP contribution in [0.2, 0.25) is 0 Å². The fraction of sp³-hybridized carbons (Fsp3) is 0.417. The zero-order valence-electron chi connectivity index (χ0n) is 7.97. The highest BCUT2D eigenvalue weighted by molar-refractivity contribution is 5.92. The van der Waals surface area contributed by atoms with Gasteiger partial charge in [0.25, 0.3) is 0 Å². The highest BCUT2D eigenvalue weighted by Crippen LogP contribution is 2.80. The summed E-state index contributed by atoms with van der Waals surface area (Å²) in [6.07, 6.45) is 13.5. The van der Waals surface area contributed by atoms with Crippen LogP contribution in [0.3, 0.4) is 0 Å². The molecule has 0 unspecified atom stereocenters. The van der Waals surface area contributed by atoms with E-state index in [2.05, 4.69) is 41.4 Å². The fourth-order valence-electron chi connectivity index (χ4n) is 3.65. The van der Waals surface area contributed by atoms with Crippen LogP contribution >= 0.6 is 0 Å². The normalized spacial score (nSPS) is 54.2. The van der Waals surface area contributed by atoms with Crippen molar-refractivity contribution in [1.29, 1.82) is 0 Å². The van der Waals surface area contributed by atoms with Gasteiger partial charge in [0.05, 0.1) is 19.1 Å². The van der Waals surface area contributed by atoms with E-state index in [1.54, 1.807) is 7.11 Å². The smallest absolute Gasteiger partial charge is 0.189 e. The molecule has 0 aromatic rings. The molecule has 0 radical (unpaired) electrons. The van der Waals surface area contributed by atoms with E-state index in [1.807, 2.05) is 0 Å². The average Bonchev–Trinajstić information content (AvgIpc) is 2.59. The lowest BCUT2D eigenvalue weighted by Crippen LogP contribution is -2.17. The van der Waals surface area contributed by atoms with Crippen molar-refractivity contribution in [1.82, 2.24) is 0 Å². The third kappa shape index (κ3) is 0.423. The van der Waals surface area contributed by atoms with Crippen molar-refractivity contribution in [3.8, 4) is 0 Å². The van der Waals surface area contributed by atoms with Crippen LogP contribution in [-0.4, -0.2) is 19.0 Å². The van der Waals surface area contributed by atoms with Crippen LogP contribution in [-0.2, 0) is 4.74 Å². The Bertz CT molecular complexity index is 445. The van der Waals surface area contributed by atoms with E-state index in [9.17, 15) is 0 Å². The van der Waals surface area contributed by atoms with Gasteiger partial charge in [0.2, 0.25) is 0 Å². The molecule has 2 nitrogen and oxygen atoms in total. The van der Waals surface area contributed by atoms with Crippen molar-refractivity contribution in [3.05, 3.63) is 36.5 Å². The molecule has 2 heteroatoms. The molecule has 1 spiro atoms. The third-order valence-electron chi connectivity index (χ3n) is 4.24. The number of ether oxygens (including phenoxy) is 1. The molecule has 1 aliphatic heterocycles. The molecule has 1 fully saturated rings. The molecule has 1 heterocycles. The summed E-state index contributed by atoms with van der Waals surface area (Å²) < 4.78 is 5.37. The van der Waals surface area contributed by atoms with Crippen molar-refractivity contribution in [3.63, 3.8) is 0 Å². The molecule has 3 aliphatic carbocycles. The minimum absolute atomic E-state index is 0.222. The minimum atomic E-state index is 0.222. The van der Waals surface area contributed by atoms with Gasteiger partial charge in [-0.2, -0.15) is 0 Å². The van der Waals surface area contributed by atoms with Crippen molar-refractivity contribution in [2.24, 2.45) is 21.7 Å². The van der Waals surface area contributed by atoms with Crippen molar-refractivity contribution in [2.45, 2.75) is 6.04 Å². The molecule has 0 bridgehead atoms. The Morgan fingerprint density at radius 1 is 1.29 bits per heavy atom. The standard InChI is InChI=1S/C12H11NO/c1-14-10-9-11-5-2-3-6-12(9,11)8(13-10)4-7-11/h2-9H,1H3/t8-,9-,11-,12-/m1/s1. The molecule has 0 N–H and O–H groups in total. The Balaban J connectivity index is 1.96. The molecule has 0 aromatic carbocycles. The molecule has 0 amide bonds. The van der Waals surface area contributed by atoms with Crippen LogP contribution in [0.5, 0.6) is 0 Å². The van der Waals surface area contributed by atoms with Crippen molar-refractivity contribution >= 4 is 5.90 Å². The van der Waals surface area contributed by atoms with Gasteiger partial charge in [-0.05, 0) is 0 Å². The van der Waals surface area contributed by atoms with Crippen LogP contribution in [0.1, 0.15) is 0 Å². The second kappa shape index (κ2) is 1.74. The van der Waals surface area contributed by atoms with Crippen molar-refractivity contribution in [2.75, 3.05) is 7.11 Å². The van der Waals surface area contributed by atoms with E-state index >= 15 is 0 Å². The molecule has 4 atom stereocenters. The first kappa shape index (κ1) is 7.04. The van der Waals surface area contributed by atoms with E-state index in [4.69, 9.17) is 4.74 Å². The number of hydrogen-bond acceptors (Lipinski definition) is 2. The van der Waals surface area contributed by atoms with Gasteiger partial charge in [-0.25, -0.2) is 4.99 Å². The molecule has 70 valence electrons. The second-order valence-electron chi connectivity index (χ2n) is 4.49. The van der Waals surface area contributed by atoms with E-state index in [0.717, 1.165) is 5.90 Å². The lowest BCUT2D eigenvalue weighted by atomic mass is 9.89. The van der Waals surface area contributed by atoms with E-state index < -0.39 is 0 Å². The SMILES string of the molecule is COC1=N[C@@H]2C=C[C@@]34C=CC=C[C@]23[C@H]14. The maximum Gasteiger partial charge on any atom is 0.189 e. The summed E-state index contributed by atoms with van der Waals surface area (Å²) in [5.74, 6) is 1.42. The third-order valence-corrected chi connectivity index (χ3v) is 4.24. The maximum absolute atomic E-state index is 5.37. The number of nitrogens with zero attached hydrogens (tertiary/aromatic N) is 1. The summed E-state index contributed by atoms with van der Waals surface area (Å²) in [6.45, 7) is 0. The predicted octanol–water partition coefficient (Wildman–Crippen LogP) is 1.71. The number of rotatable bonds is 0. The quantitative estimate of drug-likeness (QED) is 0.526. The fourth-order valence-corrected chi connectivity index (χ4v) is 3.65. The largest absolute Gasteiger partial charge is 0.484 e. The number of allylic oxidation sites excluding steroid dienone is 4. The molecule has 4 rings (SSSR count). The zero-order chi connectivity index (χ0) is 9.39. The topological polar surface area (TPSA) is 21.6 Å². The summed E-state index contributed by atoms with van der Waals surface area (Å²) >= 11 is 0. The molecular weight excluding hydrogens is 174 g/mol. The predicted molar refractivity (Wildman–Crippen MR) is 54.0 cm³/mol. The van der Waals surface area contributed by atoms with Crippen LogP contribution in [0.15, 0.2) is 41.4 Å². The van der Waals surface area contributed by atoms with Crippen LogP contribution in [0, 0.1) is 16.7 Å². The molecule has 4 aliphatic rings. The summed E-state index contributed by atoms with van der Waals surface area (Å²) in [7, 11) is 1.73. The van der Waals surface area contributed by atoms with Gasteiger partial charge in [0.15, 0.2) is 5.90 Å². The monoisotopic (exact) mass is 185 g/mol. The van der Waals surface area contributed by atoms with Crippen LogP contribution < -0.4 is 0 Å². The van der Waals surface area contributed by atoms with Crippen molar-refractivity contribution < 1.29 is 4.74 Å². The first-order chi connectivity index (χ1) is 6.85. The van der Waals surface area contributed by atoms with E-state index in [1.165, 1.54) is 0 Å². The van der Waals surface area contributed by atoms with Crippen LogP contribution in [0.25, 0.3) is 0 Å². The van der Waals surface area contributed by atoms with Crippen LogP contribution in [0.4, 0.5) is 0 Å². The molecular formula is C12H11NO. The molecule has 14 heavy (non-hydrogen) atoms. The summed E-state index contributed by atoms with van der Waals surface area (Å²) in [5, 5.41) is 0. The Morgan fingerprint density at radius 3 is 2.93 bits per heavy atom. The van der Waals surface area contributed by atoms with Gasteiger partial charge in [0, 0.05) is 10.8 Å². The van der Waals surface area contributed by atoms with Gasteiger partial charge >= 0.3 is 0 Å². The van der Waals surface area contributed by atoms with E-state index in [0.29, 0.717) is 12.0 Å². The number of hydrogen-bond donors (Lipinski definition) is 0. The Morgan fingerprint density at radius 2 is 2.14 bits per heavy atom. The summed E-state index contributed by atoms with van der Waals surface area (Å²) in [5.41, 5.74) is 0.451. The Labute approximate surface area is 82.7 Å². The van der Waals surface area contributed by atoms with Gasteiger partial charge in [-0.15, -0.1) is 0 Å². The summed E-state index contributed by atoms with van der Waals surface area (Å²) in [4.78, 5) is 4.59. The molecule has 1 saturated carbocycles. The highest BCUT2D eigenvalue weighted by Gasteiger charge is 2.83. The van der Waals surface area contributed by atoms with Gasteiger partial charge in [-0.3, -0.25) is 0 Å². The zero-order valence-corrected chi connectivity index (χ0v) is 7.97. The van der Waals surface area contributed by atoms with Gasteiger partial charge in [0.1, 0.15) is 0 Å². The average molecular weight is 185 g/mol. The molecule has 0 saturated heterocycles. The van der Waals surface area contributed by atoms with E-state index in [-0.39, 0.29) is 10.8 Å². The lowest BCUT2D eigenvalue weighted by Gasteiger charge is -2.17. The first-order valence-corrected chi connectivity index (χ1v) is 5.03. The number of methoxy groups -OCH3 is 1. The molecule has 0 aromatic heterocycles. The summed E-state index contributed by atoms with van der Waals surface area (Å²) in [6, 6.07) is 0.323.